The van der Waals surface area contributed by atoms with E-state index in [0.29, 0.717) is 11.5 Å². The lowest BCUT2D eigenvalue weighted by molar-refractivity contribution is -0.156. The van der Waals surface area contributed by atoms with Gasteiger partial charge in [0.1, 0.15) is 11.5 Å². The van der Waals surface area contributed by atoms with Gasteiger partial charge in [-0.2, -0.15) is 0 Å². The lowest BCUT2D eigenvalue weighted by Crippen LogP contribution is -2.39. The maximum atomic E-state index is 11.4. The molecule has 1 aromatic carbocycles. The molecule has 0 bridgehead atoms. The van der Waals surface area contributed by atoms with Crippen molar-refractivity contribution in [1.29, 1.82) is 0 Å². The van der Waals surface area contributed by atoms with E-state index >= 15 is 0 Å². The Bertz CT molecular complexity index is 371. The predicted molar refractivity (Wildman–Crippen MR) is 59.7 cm³/mol. The second-order valence-corrected chi connectivity index (χ2v) is 3.78. The molecule has 1 rings (SSSR count). The highest BCUT2D eigenvalue weighted by molar-refractivity contribution is 5.78. The molecule has 0 aliphatic rings. The summed E-state index contributed by atoms with van der Waals surface area (Å²) in [4.78, 5) is 11.4. The molecule has 0 aliphatic carbocycles. The van der Waals surface area contributed by atoms with Gasteiger partial charge in [-0.05, 0) is 26.0 Å². The van der Waals surface area contributed by atoms with Crippen LogP contribution in [0.2, 0.25) is 0 Å². The Morgan fingerprint density at radius 2 is 1.81 bits per heavy atom. The van der Waals surface area contributed by atoms with Crippen LogP contribution in [-0.4, -0.2) is 25.8 Å². The summed E-state index contributed by atoms with van der Waals surface area (Å²) in [5.74, 6) is 0.822. The number of benzene rings is 1. The van der Waals surface area contributed by atoms with E-state index in [1.165, 1.54) is 7.11 Å². The molecule has 0 fully saturated rings. The molecule has 0 unspecified atom stereocenters. The maximum absolute atomic E-state index is 11.4. The fourth-order valence-corrected chi connectivity index (χ4v) is 1.25. The average Bonchev–Trinajstić information content (AvgIpc) is 2.27. The molecule has 0 amide bonds. The Morgan fingerprint density at radius 1 is 1.19 bits per heavy atom. The van der Waals surface area contributed by atoms with Crippen LogP contribution in [0.3, 0.4) is 0 Å². The molecule has 0 spiro atoms. The third kappa shape index (κ3) is 2.89. The molecule has 4 nitrogen and oxygen atoms in total. The molecular weight excluding hydrogens is 208 g/mol. The first kappa shape index (κ1) is 12.4. The molecule has 0 saturated heterocycles. The second-order valence-electron chi connectivity index (χ2n) is 3.78. The number of carbonyl (C=O) groups excluding carboxylic acids is 1. The van der Waals surface area contributed by atoms with Gasteiger partial charge in [-0.3, -0.25) is 0 Å². The third-order valence-corrected chi connectivity index (χ3v) is 2.09. The summed E-state index contributed by atoms with van der Waals surface area (Å²) < 4.78 is 15.3. The molecule has 0 N–H and O–H groups in total. The van der Waals surface area contributed by atoms with E-state index in [1.807, 2.05) is 0 Å². The highest BCUT2D eigenvalue weighted by Crippen LogP contribution is 2.23. The molecule has 0 aliphatic heterocycles. The lowest BCUT2D eigenvalue weighted by Gasteiger charge is -2.23. The van der Waals surface area contributed by atoms with Gasteiger partial charge in [0.25, 0.3) is 0 Å². The third-order valence-electron chi connectivity index (χ3n) is 2.09. The fraction of sp³-hybridized carbons (Fsp3) is 0.417. The maximum Gasteiger partial charge on any atom is 0.349 e. The van der Waals surface area contributed by atoms with Crippen molar-refractivity contribution >= 4 is 5.97 Å². The average molecular weight is 224 g/mol. The molecule has 88 valence electrons. The molecule has 4 heteroatoms. The first-order chi connectivity index (χ1) is 7.49. The van der Waals surface area contributed by atoms with Crippen LogP contribution < -0.4 is 9.47 Å². The lowest BCUT2D eigenvalue weighted by atomic mass is 10.1. The normalized spacial score (nSPS) is 10.8. The zero-order chi connectivity index (χ0) is 12.2. The summed E-state index contributed by atoms with van der Waals surface area (Å²) in [6.45, 7) is 3.30. The number of methoxy groups -OCH3 is 2. The number of hydrogen-bond donors (Lipinski definition) is 0. The van der Waals surface area contributed by atoms with Crippen molar-refractivity contribution in [2.75, 3.05) is 14.2 Å². The van der Waals surface area contributed by atoms with Gasteiger partial charge in [-0.15, -0.1) is 0 Å². The zero-order valence-electron chi connectivity index (χ0n) is 9.94. The van der Waals surface area contributed by atoms with Crippen molar-refractivity contribution < 1.29 is 19.0 Å². The van der Waals surface area contributed by atoms with E-state index in [0.717, 1.165) is 0 Å². The highest BCUT2D eigenvalue weighted by Gasteiger charge is 2.31. The SMILES string of the molecule is COC(=O)C(C)(C)Oc1cccc(OC)c1. The minimum atomic E-state index is -1.01. The van der Waals surface area contributed by atoms with Crippen molar-refractivity contribution in [3.63, 3.8) is 0 Å². The van der Waals surface area contributed by atoms with E-state index in [-0.39, 0.29) is 0 Å². The van der Waals surface area contributed by atoms with Crippen LogP contribution in [0.25, 0.3) is 0 Å². The number of hydrogen-bond acceptors (Lipinski definition) is 4. The monoisotopic (exact) mass is 224 g/mol. The molecule has 0 saturated carbocycles. The van der Waals surface area contributed by atoms with E-state index < -0.39 is 11.6 Å². The van der Waals surface area contributed by atoms with E-state index in [2.05, 4.69) is 4.74 Å². The van der Waals surface area contributed by atoms with Gasteiger partial charge in [-0.25, -0.2) is 4.79 Å². The van der Waals surface area contributed by atoms with Gasteiger partial charge in [0.15, 0.2) is 5.60 Å². The topological polar surface area (TPSA) is 44.8 Å². The number of rotatable bonds is 4. The smallest absolute Gasteiger partial charge is 0.349 e. The quantitative estimate of drug-likeness (QED) is 0.734. The fourth-order valence-electron chi connectivity index (χ4n) is 1.25. The van der Waals surface area contributed by atoms with Gasteiger partial charge in [0, 0.05) is 6.07 Å². The Kier molecular flexibility index (Phi) is 3.77. The van der Waals surface area contributed by atoms with E-state index in [1.54, 1.807) is 45.2 Å². The Labute approximate surface area is 95.1 Å². The summed E-state index contributed by atoms with van der Waals surface area (Å²) >= 11 is 0. The van der Waals surface area contributed by atoms with Crippen LogP contribution in [0, 0.1) is 0 Å². The Morgan fingerprint density at radius 3 is 2.38 bits per heavy atom. The van der Waals surface area contributed by atoms with Crippen molar-refractivity contribution in [3.8, 4) is 11.5 Å². The molecule has 0 radical (unpaired) electrons. The molecular formula is C12H16O4. The molecule has 0 atom stereocenters. The molecule has 1 aromatic rings. The molecule has 16 heavy (non-hydrogen) atoms. The summed E-state index contributed by atoms with van der Waals surface area (Å²) in [7, 11) is 2.91. The van der Waals surface area contributed by atoms with Gasteiger partial charge in [0.05, 0.1) is 14.2 Å². The minimum absolute atomic E-state index is 0.421. The standard InChI is InChI=1S/C12H16O4/c1-12(2,11(13)15-4)16-10-7-5-6-9(8-10)14-3/h5-8H,1-4H3. The number of esters is 1. The Hall–Kier alpha value is -1.71. The number of carbonyl (C=O) groups is 1. The van der Waals surface area contributed by atoms with Crippen molar-refractivity contribution in [2.45, 2.75) is 19.4 Å². The van der Waals surface area contributed by atoms with Crippen LogP contribution in [0.4, 0.5) is 0 Å². The summed E-state index contributed by atoms with van der Waals surface area (Å²) in [5, 5.41) is 0. The van der Waals surface area contributed by atoms with Crippen LogP contribution in [0.15, 0.2) is 24.3 Å². The van der Waals surface area contributed by atoms with Crippen LogP contribution in [-0.2, 0) is 9.53 Å². The largest absolute Gasteiger partial charge is 0.497 e. The minimum Gasteiger partial charge on any atom is -0.497 e. The van der Waals surface area contributed by atoms with Crippen molar-refractivity contribution in [2.24, 2.45) is 0 Å². The van der Waals surface area contributed by atoms with Crippen LogP contribution >= 0.6 is 0 Å². The van der Waals surface area contributed by atoms with E-state index in [9.17, 15) is 4.79 Å². The van der Waals surface area contributed by atoms with Gasteiger partial charge in [-0.1, -0.05) is 6.07 Å². The van der Waals surface area contributed by atoms with Crippen molar-refractivity contribution in [3.05, 3.63) is 24.3 Å². The molecule has 0 aromatic heterocycles. The van der Waals surface area contributed by atoms with Crippen LogP contribution in [0.1, 0.15) is 13.8 Å². The van der Waals surface area contributed by atoms with Gasteiger partial charge >= 0.3 is 5.97 Å². The second kappa shape index (κ2) is 4.88. The van der Waals surface area contributed by atoms with Crippen LogP contribution in [0.5, 0.6) is 11.5 Å². The van der Waals surface area contributed by atoms with Gasteiger partial charge < -0.3 is 14.2 Å². The summed E-state index contributed by atoms with van der Waals surface area (Å²) in [6, 6.07) is 7.07. The first-order valence-corrected chi connectivity index (χ1v) is 4.91. The molecule has 0 heterocycles. The van der Waals surface area contributed by atoms with E-state index in [4.69, 9.17) is 9.47 Å². The zero-order valence-corrected chi connectivity index (χ0v) is 9.94. The Balaban J connectivity index is 2.83. The summed E-state index contributed by atoms with van der Waals surface area (Å²) in [6.07, 6.45) is 0. The first-order valence-electron chi connectivity index (χ1n) is 4.91. The van der Waals surface area contributed by atoms with Gasteiger partial charge in [0.2, 0.25) is 0 Å². The predicted octanol–water partition coefficient (Wildman–Crippen LogP) is 2.03. The summed E-state index contributed by atoms with van der Waals surface area (Å²) in [5.41, 5.74) is -1.01. The van der Waals surface area contributed by atoms with Crippen molar-refractivity contribution in [1.82, 2.24) is 0 Å². The highest BCUT2D eigenvalue weighted by atomic mass is 16.6. The number of ether oxygens (including phenoxy) is 3.